The van der Waals surface area contributed by atoms with E-state index in [1.165, 1.54) is 12.4 Å². The Bertz CT molecular complexity index is 798. The molecular weight excluding hydrogens is 330 g/mol. The van der Waals surface area contributed by atoms with Crippen molar-refractivity contribution in [3.8, 4) is 5.75 Å². The van der Waals surface area contributed by atoms with Crippen LogP contribution in [0.4, 0.5) is 5.69 Å². The van der Waals surface area contributed by atoms with Crippen molar-refractivity contribution in [2.75, 3.05) is 25.5 Å². The lowest BCUT2D eigenvalue weighted by Gasteiger charge is -2.30. The number of aromatic nitrogens is 1. The predicted octanol–water partition coefficient (Wildman–Crippen LogP) is 3.21. The van der Waals surface area contributed by atoms with Gasteiger partial charge in [0.1, 0.15) is 5.75 Å². The van der Waals surface area contributed by atoms with Gasteiger partial charge in [0.2, 0.25) is 0 Å². The molecule has 1 aromatic heterocycles. The fourth-order valence-corrected chi connectivity index (χ4v) is 3.02. The van der Waals surface area contributed by atoms with Crippen molar-refractivity contribution in [2.24, 2.45) is 5.92 Å². The van der Waals surface area contributed by atoms with Crippen molar-refractivity contribution in [2.45, 2.75) is 19.8 Å². The van der Waals surface area contributed by atoms with E-state index in [0.717, 1.165) is 25.9 Å². The lowest BCUT2D eigenvalue weighted by Crippen LogP contribution is -2.38. The molecule has 6 heteroatoms. The number of nitrogens with one attached hydrogen (secondary N) is 1. The quantitative estimate of drug-likeness (QED) is 0.916. The standard InChI is InChI=1S/C20H23N3O3/c1-14-7-9-23(10-8-14)20(25)16-11-15(12-21-13-16)19(24)22-17-5-3-4-6-18(17)26-2/h3-6,11-14H,7-10H2,1-2H3,(H,22,24). The van der Waals surface area contributed by atoms with Crippen LogP contribution in [0.1, 0.15) is 40.5 Å². The first kappa shape index (κ1) is 17.9. The third-order valence-corrected chi connectivity index (χ3v) is 4.67. The van der Waals surface area contributed by atoms with Crippen LogP contribution in [0.3, 0.4) is 0 Å². The Morgan fingerprint density at radius 1 is 1.15 bits per heavy atom. The summed E-state index contributed by atoms with van der Waals surface area (Å²) < 4.78 is 5.24. The highest BCUT2D eigenvalue weighted by atomic mass is 16.5. The van der Waals surface area contributed by atoms with E-state index >= 15 is 0 Å². The molecule has 1 aliphatic heterocycles. The van der Waals surface area contributed by atoms with Gasteiger partial charge in [-0.05, 0) is 37.0 Å². The lowest BCUT2D eigenvalue weighted by atomic mass is 9.98. The van der Waals surface area contributed by atoms with Crippen LogP contribution in [0.2, 0.25) is 0 Å². The van der Waals surface area contributed by atoms with Gasteiger partial charge in [-0.3, -0.25) is 14.6 Å². The van der Waals surface area contributed by atoms with Crippen LogP contribution in [0.25, 0.3) is 0 Å². The first-order valence-electron chi connectivity index (χ1n) is 8.77. The van der Waals surface area contributed by atoms with Gasteiger partial charge in [-0.1, -0.05) is 19.1 Å². The van der Waals surface area contributed by atoms with E-state index in [0.29, 0.717) is 28.5 Å². The predicted molar refractivity (Wildman–Crippen MR) is 99.5 cm³/mol. The van der Waals surface area contributed by atoms with Crippen molar-refractivity contribution < 1.29 is 14.3 Å². The minimum atomic E-state index is -0.330. The topological polar surface area (TPSA) is 71.5 Å². The SMILES string of the molecule is COc1ccccc1NC(=O)c1cncc(C(=O)N2CCC(C)CC2)c1. The number of carbonyl (C=O) groups excluding carboxylic acids is 2. The Balaban J connectivity index is 1.74. The number of nitrogens with zero attached hydrogens (tertiary/aromatic N) is 2. The number of anilines is 1. The summed E-state index contributed by atoms with van der Waals surface area (Å²) >= 11 is 0. The molecule has 26 heavy (non-hydrogen) atoms. The van der Waals surface area contributed by atoms with Gasteiger partial charge in [0.05, 0.1) is 23.9 Å². The Kier molecular flexibility index (Phi) is 5.51. The highest BCUT2D eigenvalue weighted by Crippen LogP contribution is 2.24. The van der Waals surface area contributed by atoms with Crippen LogP contribution in [-0.2, 0) is 0 Å². The molecule has 1 saturated heterocycles. The molecule has 1 aliphatic rings. The molecule has 0 saturated carbocycles. The number of methoxy groups -OCH3 is 1. The molecule has 0 bridgehead atoms. The van der Waals surface area contributed by atoms with Crippen molar-refractivity contribution in [1.82, 2.24) is 9.88 Å². The molecular formula is C20H23N3O3. The molecule has 0 aliphatic carbocycles. The fraction of sp³-hybridized carbons (Fsp3) is 0.350. The smallest absolute Gasteiger partial charge is 0.257 e. The van der Waals surface area contributed by atoms with E-state index in [1.54, 1.807) is 25.3 Å². The number of likely N-dealkylation sites (tertiary alicyclic amines) is 1. The molecule has 0 unspecified atom stereocenters. The monoisotopic (exact) mass is 353 g/mol. The molecule has 1 aromatic carbocycles. The Labute approximate surface area is 153 Å². The summed E-state index contributed by atoms with van der Waals surface area (Å²) in [7, 11) is 1.55. The van der Waals surface area contributed by atoms with Crippen molar-refractivity contribution >= 4 is 17.5 Å². The number of hydrogen-bond acceptors (Lipinski definition) is 4. The molecule has 1 N–H and O–H groups in total. The van der Waals surface area contributed by atoms with Gasteiger partial charge in [-0.2, -0.15) is 0 Å². The summed E-state index contributed by atoms with van der Waals surface area (Å²) in [5.74, 6) is 0.818. The highest BCUT2D eigenvalue weighted by molar-refractivity contribution is 6.06. The minimum absolute atomic E-state index is 0.0728. The Morgan fingerprint density at radius 2 is 1.85 bits per heavy atom. The fourth-order valence-electron chi connectivity index (χ4n) is 3.02. The molecule has 1 fully saturated rings. The first-order valence-corrected chi connectivity index (χ1v) is 8.77. The van der Waals surface area contributed by atoms with E-state index in [1.807, 2.05) is 17.0 Å². The maximum absolute atomic E-state index is 12.7. The number of carbonyl (C=O) groups is 2. The maximum atomic E-state index is 12.7. The van der Waals surface area contributed by atoms with Crippen molar-refractivity contribution in [1.29, 1.82) is 0 Å². The zero-order chi connectivity index (χ0) is 18.5. The van der Waals surface area contributed by atoms with E-state index in [9.17, 15) is 9.59 Å². The molecule has 2 heterocycles. The van der Waals surface area contributed by atoms with Gasteiger partial charge in [-0.25, -0.2) is 0 Å². The number of benzene rings is 1. The summed E-state index contributed by atoms with van der Waals surface area (Å²) in [5.41, 5.74) is 1.35. The Hall–Kier alpha value is -2.89. The number of para-hydroxylation sites is 2. The Morgan fingerprint density at radius 3 is 2.58 bits per heavy atom. The average Bonchev–Trinajstić information content (AvgIpc) is 2.68. The van der Waals surface area contributed by atoms with Crippen molar-refractivity contribution in [3.05, 3.63) is 53.9 Å². The second kappa shape index (κ2) is 7.99. The minimum Gasteiger partial charge on any atom is -0.495 e. The van der Waals surface area contributed by atoms with Gasteiger partial charge < -0.3 is 15.0 Å². The van der Waals surface area contributed by atoms with E-state index in [2.05, 4.69) is 17.2 Å². The molecule has 2 aromatic rings. The number of hydrogen-bond donors (Lipinski definition) is 1. The molecule has 2 amide bonds. The number of piperidine rings is 1. The number of pyridine rings is 1. The van der Waals surface area contributed by atoms with E-state index < -0.39 is 0 Å². The number of amides is 2. The van der Waals surface area contributed by atoms with Crippen molar-refractivity contribution in [3.63, 3.8) is 0 Å². The average molecular weight is 353 g/mol. The number of rotatable bonds is 4. The molecule has 3 rings (SSSR count). The van der Waals surface area contributed by atoms with Crippen LogP contribution in [0.15, 0.2) is 42.7 Å². The zero-order valence-electron chi connectivity index (χ0n) is 15.1. The van der Waals surface area contributed by atoms with Crippen LogP contribution in [-0.4, -0.2) is 41.9 Å². The van der Waals surface area contributed by atoms with Gasteiger partial charge in [0, 0.05) is 25.5 Å². The third-order valence-electron chi connectivity index (χ3n) is 4.67. The molecule has 136 valence electrons. The zero-order valence-corrected chi connectivity index (χ0v) is 15.1. The van der Waals surface area contributed by atoms with E-state index in [-0.39, 0.29) is 11.8 Å². The van der Waals surface area contributed by atoms with Gasteiger partial charge in [0.25, 0.3) is 11.8 Å². The van der Waals surface area contributed by atoms with E-state index in [4.69, 9.17) is 4.74 Å². The van der Waals surface area contributed by atoms with Crippen LogP contribution >= 0.6 is 0 Å². The lowest BCUT2D eigenvalue weighted by molar-refractivity contribution is 0.0697. The first-order chi connectivity index (χ1) is 12.6. The van der Waals surface area contributed by atoms with Crippen LogP contribution in [0.5, 0.6) is 5.75 Å². The summed E-state index contributed by atoms with van der Waals surface area (Å²) in [6.07, 6.45) is 4.99. The number of ether oxygens (including phenoxy) is 1. The van der Waals surface area contributed by atoms with Gasteiger partial charge >= 0.3 is 0 Å². The molecule has 6 nitrogen and oxygen atoms in total. The highest BCUT2D eigenvalue weighted by Gasteiger charge is 2.22. The molecule has 0 atom stereocenters. The molecule has 0 radical (unpaired) electrons. The third kappa shape index (κ3) is 4.02. The van der Waals surface area contributed by atoms with Gasteiger partial charge in [-0.15, -0.1) is 0 Å². The van der Waals surface area contributed by atoms with Gasteiger partial charge in [0.15, 0.2) is 0 Å². The van der Waals surface area contributed by atoms with Crippen LogP contribution < -0.4 is 10.1 Å². The largest absolute Gasteiger partial charge is 0.495 e. The second-order valence-corrected chi connectivity index (χ2v) is 6.59. The summed E-state index contributed by atoms with van der Waals surface area (Å²) in [6, 6.07) is 8.76. The molecule has 0 spiro atoms. The summed E-state index contributed by atoms with van der Waals surface area (Å²) in [5, 5.41) is 2.80. The van der Waals surface area contributed by atoms with Crippen LogP contribution in [0, 0.1) is 5.92 Å². The summed E-state index contributed by atoms with van der Waals surface area (Å²) in [6.45, 7) is 3.70. The second-order valence-electron chi connectivity index (χ2n) is 6.59. The summed E-state index contributed by atoms with van der Waals surface area (Å²) in [4.78, 5) is 31.1. The normalized spacial score (nSPS) is 14.8. The maximum Gasteiger partial charge on any atom is 0.257 e.